The first-order valence-corrected chi connectivity index (χ1v) is 11.4. The van der Waals surface area contributed by atoms with E-state index in [1.165, 1.54) is 12.1 Å². The summed E-state index contributed by atoms with van der Waals surface area (Å²) in [5.41, 5.74) is 3.11. The van der Waals surface area contributed by atoms with Gasteiger partial charge in [0.25, 0.3) is 0 Å². The predicted octanol–water partition coefficient (Wildman–Crippen LogP) is 6.95. The molecule has 0 bridgehead atoms. The van der Waals surface area contributed by atoms with Gasteiger partial charge in [0.1, 0.15) is 23.9 Å². The van der Waals surface area contributed by atoms with E-state index in [4.69, 9.17) is 4.74 Å². The maximum Gasteiger partial charge on any atom is 0.161 e. The number of nitrogens with one attached hydrogen (secondary N) is 1. The maximum absolute atomic E-state index is 13.5. The van der Waals surface area contributed by atoms with Crippen molar-refractivity contribution in [3.63, 3.8) is 0 Å². The Kier molecular flexibility index (Phi) is 6.27. The normalized spacial score (nSPS) is 10.9. The number of hydrogen-bond donors (Lipinski definition) is 2. The van der Waals surface area contributed by atoms with Crippen LogP contribution in [0.2, 0.25) is 0 Å². The minimum atomic E-state index is -0.290. The summed E-state index contributed by atoms with van der Waals surface area (Å²) in [6.45, 7) is 0.254. The molecule has 5 nitrogen and oxygen atoms in total. The topological polar surface area (TPSA) is 67.3 Å². The number of anilines is 2. The van der Waals surface area contributed by atoms with Gasteiger partial charge in [-0.2, -0.15) is 0 Å². The average Bonchev–Trinajstić information content (AvgIpc) is 2.86. The summed E-state index contributed by atoms with van der Waals surface area (Å²) in [5.74, 6) is 0.583. The van der Waals surface area contributed by atoms with E-state index in [0.717, 1.165) is 32.1 Å². The van der Waals surface area contributed by atoms with Crippen LogP contribution in [0.5, 0.6) is 11.5 Å². The molecule has 0 saturated carbocycles. The van der Waals surface area contributed by atoms with E-state index in [9.17, 15) is 9.50 Å². The van der Waals surface area contributed by atoms with Crippen molar-refractivity contribution in [2.75, 3.05) is 5.32 Å². The van der Waals surface area contributed by atoms with Gasteiger partial charge in [-0.05, 0) is 72.3 Å². The molecule has 2 heterocycles. The third kappa shape index (κ3) is 5.10. The van der Waals surface area contributed by atoms with Crippen molar-refractivity contribution in [2.45, 2.75) is 16.4 Å². The molecule has 0 radical (unpaired) electrons. The van der Waals surface area contributed by atoms with E-state index in [2.05, 4.69) is 15.3 Å². The van der Waals surface area contributed by atoms with Gasteiger partial charge < -0.3 is 15.2 Å². The van der Waals surface area contributed by atoms with Crippen LogP contribution in [-0.4, -0.2) is 15.1 Å². The number of fused-ring (bicyclic) bond motifs is 1. The second-order valence-electron chi connectivity index (χ2n) is 7.53. The highest BCUT2D eigenvalue weighted by molar-refractivity contribution is 7.99. The molecule has 3 aromatic carbocycles. The van der Waals surface area contributed by atoms with E-state index in [0.29, 0.717) is 11.4 Å². The molecular weight excluding hydrogens is 449 g/mol. The van der Waals surface area contributed by atoms with Crippen molar-refractivity contribution in [1.82, 2.24) is 9.97 Å². The van der Waals surface area contributed by atoms with E-state index in [1.807, 2.05) is 54.6 Å². The number of rotatable bonds is 7. The van der Waals surface area contributed by atoms with Crippen LogP contribution < -0.4 is 10.1 Å². The van der Waals surface area contributed by atoms with Crippen LogP contribution in [0.15, 0.2) is 107 Å². The lowest BCUT2D eigenvalue weighted by atomic mass is 10.2. The van der Waals surface area contributed by atoms with Crippen molar-refractivity contribution in [2.24, 2.45) is 0 Å². The molecule has 0 unspecified atom stereocenters. The molecule has 0 fully saturated rings. The number of phenolic OH excluding ortho intramolecular Hbond substituents is 1. The van der Waals surface area contributed by atoms with Crippen molar-refractivity contribution in [3.05, 3.63) is 109 Å². The van der Waals surface area contributed by atoms with Crippen LogP contribution in [0.3, 0.4) is 0 Å². The van der Waals surface area contributed by atoms with Gasteiger partial charge in [0, 0.05) is 33.6 Å². The van der Waals surface area contributed by atoms with Crippen LogP contribution in [0.1, 0.15) is 5.56 Å². The zero-order valence-corrected chi connectivity index (χ0v) is 18.8. The van der Waals surface area contributed by atoms with Crippen LogP contribution >= 0.6 is 11.8 Å². The summed E-state index contributed by atoms with van der Waals surface area (Å²) < 4.78 is 19.5. The van der Waals surface area contributed by atoms with Gasteiger partial charge in [-0.25, -0.2) is 14.4 Å². The van der Waals surface area contributed by atoms with Crippen molar-refractivity contribution in [3.8, 4) is 11.5 Å². The SMILES string of the molecule is Oc1ccc(Sc2ccc(OCc3cccc(F)c3)cc2Nc2ccnc3ncccc23)cc1. The smallest absolute Gasteiger partial charge is 0.161 e. The second-order valence-corrected chi connectivity index (χ2v) is 8.65. The number of aromatic nitrogens is 2. The molecule has 0 aliphatic heterocycles. The number of nitrogens with zero attached hydrogens (tertiary/aromatic N) is 2. The summed E-state index contributed by atoms with van der Waals surface area (Å²) in [4.78, 5) is 10.6. The lowest BCUT2D eigenvalue weighted by Crippen LogP contribution is -1.99. The molecule has 0 spiro atoms. The van der Waals surface area contributed by atoms with Gasteiger partial charge in [0.05, 0.1) is 11.4 Å². The quantitative estimate of drug-likeness (QED) is 0.269. The van der Waals surface area contributed by atoms with Gasteiger partial charge in [-0.15, -0.1) is 0 Å². The summed E-state index contributed by atoms with van der Waals surface area (Å²) in [6, 6.07) is 24.9. The molecule has 2 N–H and O–H groups in total. The lowest BCUT2D eigenvalue weighted by molar-refractivity contribution is 0.305. The largest absolute Gasteiger partial charge is 0.508 e. The number of ether oxygens (including phenoxy) is 1. The molecule has 168 valence electrons. The number of aromatic hydroxyl groups is 1. The molecule has 0 aliphatic rings. The maximum atomic E-state index is 13.5. The summed E-state index contributed by atoms with van der Waals surface area (Å²) in [6.07, 6.45) is 3.43. The first-order valence-electron chi connectivity index (χ1n) is 10.6. The predicted molar refractivity (Wildman–Crippen MR) is 132 cm³/mol. The summed E-state index contributed by atoms with van der Waals surface area (Å²) in [5, 5.41) is 14.0. The molecule has 34 heavy (non-hydrogen) atoms. The Morgan fingerprint density at radius 1 is 0.853 bits per heavy atom. The summed E-state index contributed by atoms with van der Waals surface area (Å²) in [7, 11) is 0. The molecular formula is C27H20FN3O2S. The molecule has 7 heteroatoms. The lowest BCUT2D eigenvalue weighted by Gasteiger charge is -2.15. The molecule has 0 saturated heterocycles. The Hall–Kier alpha value is -4.10. The van der Waals surface area contributed by atoms with Crippen LogP contribution in [0, 0.1) is 5.82 Å². The van der Waals surface area contributed by atoms with Crippen LogP contribution in [0.4, 0.5) is 15.8 Å². The third-order valence-electron chi connectivity index (χ3n) is 5.09. The zero-order valence-electron chi connectivity index (χ0n) is 18.0. The fourth-order valence-corrected chi connectivity index (χ4v) is 4.34. The van der Waals surface area contributed by atoms with E-state index in [1.54, 1.807) is 42.4 Å². The van der Waals surface area contributed by atoms with Crippen molar-refractivity contribution < 1.29 is 14.2 Å². The molecule has 0 aliphatic carbocycles. The average molecular weight is 470 g/mol. The van der Waals surface area contributed by atoms with Crippen molar-refractivity contribution >= 4 is 34.2 Å². The Bertz CT molecular complexity index is 1440. The van der Waals surface area contributed by atoms with Crippen molar-refractivity contribution in [1.29, 1.82) is 0 Å². The zero-order chi connectivity index (χ0) is 23.3. The molecule has 2 aromatic heterocycles. The number of halogens is 1. The number of benzene rings is 3. The van der Waals surface area contributed by atoms with Gasteiger partial charge in [0.15, 0.2) is 5.65 Å². The van der Waals surface area contributed by atoms with E-state index >= 15 is 0 Å². The highest BCUT2D eigenvalue weighted by Gasteiger charge is 2.11. The number of pyridine rings is 2. The molecule has 0 amide bonds. The Morgan fingerprint density at radius 3 is 2.56 bits per heavy atom. The van der Waals surface area contributed by atoms with Gasteiger partial charge in [-0.1, -0.05) is 23.9 Å². The third-order valence-corrected chi connectivity index (χ3v) is 6.18. The standard InChI is InChI=1S/C27H20FN3O2S/c28-19-4-1-3-18(15-19)17-33-21-8-11-26(34-22-9-6-20(32)7-10-22)25(16-21)31-24-12-14-30-27-23(24)5-2-13-29-27/h1-16,32H,17H2,(H,29,30,31). The molecule has 0 atom stereocenters. The molecule has 5 aromatic rings. The first-order chi connectivity index (χ1) is 16.6. The highest BCUT2D eigenvalue weighted by atomic mass is 32.2. The Balaban J connectivity index is 1.47. The highest BCUT2D eigenvalue weighted by Crippen LogP contribution is 2.38. The minimum absolute atomic E-state index is 0.222. The number of hydrogen-bond acceptors (Lipinski definition) is 6. The second kappa shape index (κ2) is 9.80. The van der Waals surface area contributed by atoms with Gasteiger partial charge >= 0.3 is 0 Å². The van der Waals surface area contributed by atoms with E-state index in [-0.39, 0.29) is 18.2 Å². The van der Waals surface area contributed by atoms with Crippen LogP contribution in [-0.2, 0) is 6.61 Å². The fourth-order valence-electron chi connectivity index (χ4n) is 3.46. The fraction of sp³-hybridized carbons (Fsp3) is 0.0370. The van der Waals surface area contributed by atoms with Crippen LogP contribution in [0.25, 0.3) is 11.0 Å². The van der Waals surface area contributed by atoms with Gasteiger partial charge in [-0.3, -0.25) is 0 Å². The summed E-state index contributed by atoms with van der Waals surface area (Å²) >= 11 is 1.56. The molecule has 5 rings (SSSR count). The van der Waals surface area contributed by atoms with E-state index < -0.39 is 0 Å². The number of phenols is 1. The Labute approximate surface area is 200 Å². The monoisotopic (exact) mass is 469 g/mol. The van der Waals surface area contributed by atoms with Gasteiger partial charge in [0.2, 0.25) is 0 Å². The Morgan fingerprint density at radius 2 is 1.71 bits per heavy atom. The first kappa shape index (κ1) is 21.7. The minimum Gasteiger partial charge on any atom is -0.508 e.